The highest BCUT2D eigenvalue weighted by molar-refractivity contribution is 8.03. The average molecular weight is 394 g/mol. The molecule has 0 radical (unpaired) electrons. The molecular formula is C22H22N2O3S. The van der Waals surface area contributed by atoms with Gasteiger partial charge in [-0.3, -0.25) is 9.59 Å². The summed E-state index contributed by atoms with van der Waals surface area (Å²) in [4.78, 5) is 25.0. The van der Waals surface area contributed by atoms with E-state index in [1.54, 1.807) is 12.1 Å². The van der Waals surface area contributed by atoms with Gasteiger partial charge < -0.3 is 10.1 Å². The van der Waals surface area contributed by atoms with Crippen LogP contribution in [-0.4, -0.2) is 18.5 Å². The van der Waals surface area contributed by atoms with Gasteiger partial charge in [-0.1, -0.05) is 18.2 Å². The molecule has 2 aromatic carbocycles. The Bertz CT molecular complexity index is 934. The lowest BCUT2D eigenvalue weighted by molar-refractivity contribution is -0.146. The molecule has 0 aromatic heterocycles. The van der Waals surface area contributed by atoms with Crippen LogP contribution in [0.2, 0.25) is 0 Å². The second-order valence-corrected chi connectivity index (χ2v) is 7.72. The van der Waals surface area contributed by atoms with Gasteiger partial charge in [0.05, 0.1) is 6.42 Å². The molecular weight excluding hydrogens is 372 g/mol. The van der Waals surface area contributed by atoms with Crippen molar-refractivity contribution < 1.29 is 14.3 Å². The van der Waals surface area contributed by atoms with Crippen LogP contribution in [0, 0.1) is 17.6 Å². The summed E-state index contributed by atoms with van der Waals surface area (Å²) in [6.45, 7) is 1.52. The number of anilines is 1. The van der Waals surface area contributed by atoms with E-state index in [0.29, 0.717) is 5.69 Å². The Morgan fingerprint density at radius 1 is 1.14 bits per heavy atom. The smallest absolute Gasteiger partial charge is 0.310 e. The Morgan fingerprint density at radius 3 is 2.68 bits per heavy atom. The molecule has 3 rings (SSSR count). The van der Waals surface area contributed by atoms with E-state index < -0.39 is 5.97 Å². The number of benzene rings is 2. The average Bonchev–Trinajstić information content (AvgIpc) is 2.69. The standard InChI is InChI=1S/C22H22N2O3S/c1-15-10-19(28-14-23)8-9-20(15)24-21(25)13-27-22(26)12-16-6-7-17-4-2-3-5-18(17)11-16/h6-11H,2-5,12-13H2,1H3,(H,24,25). The molecule has 28 heavy (non-hydrogen) atoms. The minimum Gasteiger partial charge on any atom is -0.455 e. The summed E-state index contributed by atoms with van der Waals surface area (Å²) >= 11 is 1.06. The second-order valence-electron chi connectivity index (χ2n) is 6.87. The molecule has 0 heterocycles. The van der Waals surface area contributed by atoms with E-state index in [9.17, 15) is 9.59 Å². The van der Waals surface area contributed by atoms with Crippen molar-refractivity contribution in [2.45, 2.75) is 43.9 Å². The first-order chi connectivity index (χ1) is 13.5. The van der Waals surface area contributed by atoms with Crippen LogP contribution in [0.15, 0.2) is 41.3 Å². The van der Waals surface area contributed by atoms with E-state index in [4.69, 9.17) is 10.00 Å². The third-order valence-electron chi connectivity index (χ3n) is 4.76. The quantitative estimate of drug-likeness (QED) is 0.452. The predicted molar refractivity (Wildman–Crippen MR) is 109 cm³/mol. The summed E-state index contributed by atoms with van der Waals surface area (Å²) in [6.07, 6.45) is 4.75. The maximum atomic E-state index is 12.1. The van der Waals surface area contributed by atoms with E-state index in [-0.39, 0.29) is 18.9 Å². The number of ether oxygens (including phenoxy) is 1. The SMILES string of the molecule is Cc1cc(SC#N)ccc1NC(=O)COC(=O)Cc1ccc2c(c1)CCCC2. The van der Waals surface area contributed by atoms with E-state index in [1.807, 2.05) is 24.5 Å². The number of nitrogens with zero attached hydrogens (tertiary/aromatic N) is 1. The maximum absolute atomic E-state index is 12.1. The number of aryl methyl sites for hydroxylation is 3. The molecule has 1 aliphatic carbocycles. The van der Waals surface area contributed by atoms with Crippen molar-refractivity contribution in [1.82, 2.24) is 0 Å². The van der Waals surface area contributed by atoms with Crippen LogP contribution in [0.5, 0.6) is 0 Å². The number of thiocyanates is 1. The third kappa shape index (κ3) is 5.37. The molecule has 1 aliphatic rings. The van der Waals surface area contributed by atoms with Crippen LogP contribution in [0.1, 0.15) is 35.1 Å². The van der Waals surface area contributed by atoms with Crippen molar-refractivity contribution >= 4 is 29.3 Å². The molecule has 0 saturated carbocycles. The summed E-state index contributed by atoms with van der Waals surface area (Å²) < 4.78 is 5.13. The zero-order chi connectivity index (χ0) is 19.9. The van der Waals surface area contributed by atoms with Crippen molar-refractivity contribution in [3.63, 3.8) is 0 Å². The van der Waals surface area contributed by atoms with Gasteiger partial charge in [0.25, 0.3) is 5.91 Å². The molecule has 144 valence electrons. The number of nitriles is 1. The third-order valence-corrected chi connectivity index (χ3v) is 5.34. The molecule has 5 nitrogen and oxygen atoms in total. The zero-order valence-electron chi connectivity index (χ0n) is 15.8. The number of hydrogen-bond acceptors (Lipinski definition) is 5. The number of carbonyl (C=O) groups is 2. The van der Waals surface area contributed by atoms with Gasteiger partial charge in [-0.05, 0) is 84.8 Å². The van der Waals surface area contributed by atoms with Gasteiger partial charge in [0.15, 0.2) is 6.61 Å². The number of nitrogens with one attached hydrogen (secondary N) is 1. The van der Waals surface area contributed by atoms with Crippen molar-refractivity contribution in [3.8, 4) is 5.40 Å². The maximum Gasteiger partial charge on any atom is 0.310 e. The first kappa shape index (κ1) is 20.0. The molecule has 1 N–H and O–H groups in total. The summed E-state index contributed by atoms with van der Waals surface area (Å²) in [5.41, 5.74) is 5.10. The van der Waals surface area contributed by atoms with Crippen molar-refractivity contribution in [3.05, 3.63) is 58.7 Å². The summed E-state index contributed by atoms with van der Waals surface area (Å²) in [7, 11) is 0. The predicted octanol–water partition coefficient (Wildman–Crippen LogP) is 4.17. The lowest BCUT2D eigenvalue weighted by Crippen LogP contribution is -2.22. The van der Waals surface area contributed by atoms with E-state index in [0.717, 1.165) is 40.6 Å². The highest BCUT2D eigenvalue weighted by atomic mass is 32.2. The lowest BCUT2D eigenvalue weighted by atomic mass is 9.90. The van der Waals surface area contributed by atoms with Gasteiger partial charge in [0.2, 0.25) is 0 Å². The van der Waals surface area contributed by atoms with Crippen molar-refractivity contribution in [2.75, 3.05) is 11.9 Å². The Labute approximate surface area is 169 Å². The molecule has 0 saturated heterocycles. The number of carbonyl (C=O) groups excluding carboxylic acids is 2. The highest BCUT2D eigenvalue weighted by Crippen LogP contribution is 2.24. The van der Waals surface area contributed by atoms with Gasteiger partial charge in [-0.15, -0.1) is 0 Å². The van der Waals surface area contributed by atoms with Crippen molar-refractivity contribution in [2.24, 2.45) is 0 Å². The molecule has 1 amide bonds. The van der Waals surface area contributed by atoms with Crippen LogP contribution >= 0.6 is 11.8 Å². The molecule has 0 atom stereocenters. The molecule has 0 spiro atoms. The monoisotopic (exact) mass is 394 g/mol. The van der Waals surface area contributed by atoms with Gasteiger partial charge in [0, 0.05) is 10.6 Å². The summed E-state index contributed by atoms with van der Waals surface area (Å²) in [5.74, 6) is -0.800. The normalized spacial score (nSPS) is 12.6. The van der Waals surface area contributed by atoms with Gasteiger partial charge in [-0.25, -0.2) is 0 Å². The zero-order valence-corrected chi connectivity index (χ0v) is 16.6. The highest BCUT2D eigenvalue weighted by Gasteiger charge is 2.13. The van der Waals surface area contributed by atoms with Crippen LogP contribution in [0.4, 0.5) is 5.69 Å². The number of amides is 1. The molecule has 2 aromatic rings. The van der Waals surface area contributed by atoms with E-state index in [2.05, 4.69) is 17.4 Å². The van der Waals surface area contributed by atoms with Crippen molar-refractivity contribution in [1.29, 1.82) is 5.26 Å². The second kappa shape index (κ2) is 9.43. The molecule has 0 aliphatic heterocycles. The van der Waals surface area contributed by atoms with Gasteiger partial charge in [0.1, 0.15) is 5.40 Å². The number of thioether (sulfide) groups is 1. The number of rotatable bonds is 6. The largest absolute Gasteiger partial charge is 0.455 e. The number of fused-ring (bicyclic) bond motifs is 1. The minimum atomic E-state index is -0.414. The topological polar surface area (TPSA) is 79.2 Å². The van der Waals surface area contributed by atoms with Crippen LogP contribution < -0.4 is 5.32 Å². The molecule has 0 fully saturated rings. The Hall–Kier alpha value is -2.78. The van der Waals surface area contributed by atoms with Gasteiger partial charge in [-0.2, -0.15) is 5.26 Å². The lowest BCUT2D eigenvalue weighted by Gasteiger charge is -2.16. The Kier molecular flexibility index (Phi) is 6.72. The Morgan fingerprint density at radius 2 is 1.93 bits per heavy atom. The number of hydrogen-bond donors (Lipinski definition) is 1. The van der Waals surface area contributed by atoms with E-state index in [1.165, 1.54) is 24.0 Å². The molecule has 0 bridgehead atoms. The first-order valence-corrected chi connectivity index (χ1v) is 10.1. The fraction of sp³-hybridized carbons (Fsp3) is 0.318. The van der Waals surface area contributed by atoms with Gasteiger partial charge >= 0.3 is 5.97 Å². The summed E-state index contributed by atoms with van der Waals surface area (Å²) in [5, 5.41) is 13.5. The number of esters is 1. The molecule has 0 unspecified atom stereocenters. The fourth-order valence-corrected chi connectivity index (χ4v) is 3.82. The van der Waals surface area contributed by atoms with Crippen LogP contribution in [-0.2, 0) is 33.6 Å². The van der Waals surface area contributed by atoms with Crippen LogP contribution in [0.25, 0.3) is 0 Å². The Balaban J connectivity index is 1.49. The first-order valence-electron chi connectivity index (χ1n) is 9.28. The van der Waals surface area contributed by atoms with E-state index >= 15 is 0 Å². The minimum absolute atomic E-state index is 0.166. The molecule has 6 heteroatoms. The fourth-order valence-electron chi connectivity index (χ4n) is 3.34. The van der Waals surface area contributed by atoms with Crippen LogP contribution in [0.3, 0.4) is 0 Å². The summed E-state index contributed by atoms with van der Waals surface area (Å²) in [6, 6.07) is 11.5.